The van der Waals surface area contributed by atoms with E-state index >= 15 is 0 Å². The molecule has 0 spiro atoms. The predicted molar refractivity (Wildman–Crippen MR) is 159 cm³/mol. The lowest BCUT2D eigenvalue weighted by Crippen LogP contribution is -2.32. The molecular formula is C35H49N. The van der Waals surface area contributed by atoms with Crippen molar-refractivity contribution in [2.75, 3.05) is 13.1 Å². The lowest BCUT2D eigenvalue weighted by atomic mass is 9.78. The molecule has 1 heterocycles. The van der Waals surface area contributed by atoms with Crippen molar-refractivity contribution in [2.45, 2.75) is 85.6 Å². The van der Waals surface area contributed by atoms with Gasteiger partial charge in [0, 0.05) is 6.54 Å². The van der Waals surface area contributed by atoms with Crippen molar-refractivity contribution >= 4 is 0 Å². The fraction of sp³-hybridized carbons (Fsp3) is 0.486. The van der Waals surface area contributed by atoms with E-state index in [1.807, 2.05) is 0 Å². The number of rotatable bonds is 12. The smallest absolute Gasteiger partial charge is 0.0233 e. The summed E-state index contributed by atoms with van der Waals surface area (Å²) >= 11 is 0. The Labute approximate surface area is 222 Å². The van der Waals surface area contributed by atoms with Gasteiger partial charge in [0.2, 0.25) is 0 Å². The van der Waals surface area contributed by atoms with Crippen molar-refractivity contribution in [1.29, 1.82) is 0 Å². The van der Waals surface area contributed by atoms with Gasteiger partial charge in [-0.05, 0) is 119 Å². The summed E-state index contributed by atoms with van der Waals surface area (Å²) in [6.45, 7) is 27.1. The van der Waals surface area contributed by atoms with Gasteiger partial charge in [-0.2, -0.15) is 0 Å². The highest BCUT2D eigenvalue weighted by molar-refractivity contribution is 5.35. The topological polar surface area (TPSA) is 3.24 Å². The average molecular weight is 484 g/mol. The molecule has 1 aliphatic heterocycles. The number of allylic oxidation sites excluding steroid dienone is 3. The number of nitrogens with zero attached hydrogens (tertiary/aromatic N) is 1. The minimum absolute atomic E-state index is 0.419. The van der Waals surface area contributed by atoms with Gasteiger partial charge in [-0.15, -0.1) is 13.2 Å². The Morgan fingerprint density at radius 3 is 2.22 bits per heavy atom. The number of hydrogen-bond acceptors (Lipinski definition) is 1. The number of aryl methyl sites for hydroxylation is 3. The van der Waals surface area contributed by atoms with Crippen LogP contribution >= 0.6 is 0 Å². The summed E-state index contributed by atoms with van der Waals surface area (Å²) in [6, 6.07) is 14.3. The molecule has 36 heavy (non-hydrogen) atoms. The Bertz CT molecular complexity index is 1030. The van der Waals surface area contributed by atoms with Crippen LogP contribution in [0.4, 0.5) is 0 Å². The van der Waals surface area contributed by atoms with Gasteiger partial charge in [-0.3, -0.25) is 4.90 Å². The van der Waals surface area contributed by atoms with Crippen LogP contribution in [-0.2, 0) is 19.4 Å². The van der Waals surface area contributed by atoms with Gasteiger partial charge in [0.15, 0.2) is 0 Å². The van der Waals surface area contributed by atoms with Crippen LogP contribution in [0, 0.1) is 25.7 Å². The molecule has 0 bridgehead atoms. The van der Waals surface area contributed by atoms with Gasteiger partial charge in [0.25, 0.3) is 0 Å². The Balaban J connectivity index is 1.69. The van der Waals surface area contributed by atoms with Gasteiger partial charge in [0.1, 0.15) is 0 Å². The standard InChI is InChI=1S/C35H49N/c1-9-30-12-13-33(23-34(30)22-31(10-2)35(26(5)6)14-11-25(3)4)32-15-17-36(18-16-32)24-29-20-27(7)19-28(8)21-29/h10,12-13,19-21,23,31-32,35H,2-3,5,9,11,14-18,22,24H2,1,4,6-8H3. The highest BCUT2D eigenvalue weighted by Crippen LogP contribution is 2.34. The second-order valence-electron chi connectivity index (χ2n) is 11.5. The van der Waals surface area contributed by atoms with E-state index in [2.05, 4.69) is 102 Å². The largest absolute Gasteiger partial charge is 0.299 e. The number of likely N-dealkylation sites (tertiary alicyclic amines) is 1. The second-order valence-corrected chi connectivity index (χ2v) is 11.5. The molecule has 0 aromatic heterocycles. The maximum Gasteiger partial charge on any atom is 0.0233 e. The van der Waals surface area contributed by atoms with Crippen molar-refractivity contribution in [3.8, 4) is 0 Å². The third kappa shape index (κ3) is 7.81. The minimum atomic E-state index is 0.419. The van der Waals surface area contributed by atoms with E-state index < -0.39 is 0 Å². The monoisotopic (exact) mass is 483 g/mol. The molecule has 2 unspecified atom stereocenters. The first-order valence-corrected chi connectivity index (χ1v) is 14.0. The first-order chi connectivity index (χ1) is 17.2. The summed E-state index contributed by atoms with van der Waals surface area (Å²) in [6.07, 6.45) is 8.97. The van der Waals surface area contributed by atoms with Gasteiger partial charge in [-0.1, -0.05) is 78.3 Å². The van der Waals surface area contributed by atoms with E-state index in [9.17, 15) is 0 Å². The van der Waals surface area contributed by atoms with Crippen LogP contribution in [-0.4, -0.2) is 18.0 Å². The molecule has 0 aliphatic carbocycles. The summed E-state index contributed by atoms with van der Waals surface area (Å²) in [7, 11) is 0. The van der Waals surface area contributed by atoms with Crippen LogP contribution in [0.15, 0.2) is 73.4 Å². The first-order valence-electron chi connectivity index (χ1n) is 14.0. The molecule has 1 saturated heterocycles. The molecule has 2 aromatic carbocycles. The zero-order chi connectivity index (χ0) is 26.2. The maximum atomic E-state index is 4.34. The van der Waals surface area contributed by atoms with E-state index in [4.69, 9.17) is 0 Å². The fourth-order valence-corrected chi connectivity index (χ4v) is 6.15. The Hall–Kier alpha value is -2.38. The summed E-state index contributed by atoms with van der Waals surface area (Å²) in [5.74, 6) is 1.54. The lowest BCUT2D eigenvalue weighted by Gasteiger charge is -2.33. The molecule has 3 rings (SSSR count). The molecule has 1 fully saturated rings. The van der Waals surface area contributed by atoms with Crippen molar-refractivity contribution in [1.82, 2.24) is 4.90 Å². The van der Waals surface area contributed by atoms with Gasteiger partial charge in [-0.25, -0.2) is 0 Å². The van der Waals surface area contributed by atoms with E-state index in [0.29, 0.717) is 17.8 Å². The van der Waals surface area contributed by atoms with E-state index in [1.54, 1.807) is 0 Å². The number of benzene rings is 2. The maximum absolute atomic E-state index is 4.34. The third-order valence-corrected chi connectivity index (χ3v) is 8.15. The molecule has 0 radical (unpaired) electrons. The molecular weight excluding hydrogens is 434 g/mol. The van der Waals surface area contributed by atoms with Crippen LogP contribution in [0.1, 0.15) is 85.8 Å². The Morgan fingerprint density at radius 2 is 1.67 bits per heavy atom. The number of hydrogen-bond donors (Lipinski definition) is 0. The second kappa shape index (κ2) is 13.2. The molecule has 2 atom stereocenters. The zero-order valence-corrected chi connectivity index (χ0v) is 23.7. The van der Waals surface area contributed by atoms with Crippen LogP contribution < -0.4 is 0 Å². The summed E-state index contributed by atoms with van der Waals surface area (Å²) in [5, 5.41) is 0. The van der Waals surface area contributed by atoms with E-state index in [0.717, 1.165) is 32.2 Å². The predicted octanol–water partition coefficient (Wildman–Crippen LogP) is 9.14. The molecule has 194 valence electrons. The Kier molecular flexibility index (Phi) is 10.4. The zero-order valence-electron chi connectivity index (χ0n) is 23.7. The Morgan fingerprint density at radius 1 is 1.00 bits per heavy atom. The van der Waals surface area contributed by atoms with Crippen LogP contribution in [0.2, 0.25) is 0 Å². The summed E-state index contributed by atoms with van der Waals surface area (Å²) in [5.41, 5.74) is 11.2. The molecule has 0 N–H and O–H groups in total. The summed E-state index contributed by atoms with van der Waals surface area (Å²) < 4.78 is 0. The SMILES string of the molecule is C=CC(Cc1cc(C2CCN(Cc3cc(C)cc(C)c3)CC2)ccc1CC)C(CCC(=C)C)C(=C)C. The third-order valence-electron chi connectivity index (χ3n) is 8.15. The highest BCUT2D eigenvalue weighted by atomic mass is 15.1. The fourth-order valence-electron chi connectivity index (χ4n) is 6.15. The quantitative estimate of drug-likeness (QED) is 0.272. The number of piperidine rings is 1. The summed E-state index contributed by atoms with van der Waals surface area (Å²) in [4.78, 5) is 2.64. The molecule has 1 heteroatoms. The van der Waals surface area contributed by atoms with Gasteiger partial charge >= 0.3 is 0 Å². The minimum Gasteiger partial charge on any atom is -0.299 e. The average Bonchev–Trinajstić information content (AvgIpc) is 2.82. The van der Waals surface area contributed by atoms with Crippen molar-refractivity contribution < 1.29 is 0 Å². The van der Waals surface area contributed by atoms with Crippen LogP contribution in [0.25, 0.3) is 0 Å². The van der Waals surface area contributed by atoms with Gasteiger partial charge < -0.3 is 0 Å². The highest BCUT2D eigenvalue weighted by Gasteiger charge is 2.24. The molecule has 1 aliphatic rings. The first kappa shape index (κ1) is 28.2. The van der Waals surface area contributed by atoms with E-state index in [1.165, 1.54) is 70.5 Å². The normalized spacial score (nSPS) is 16.5. The van der Waals surface area contributed by atoms with Gasteiger partial charge in [0.05, 0.1) is 0 Å². The van der Waals surface area contributed by atoms with Crippen LogP contribution in [0.3, 0.4) is 0 Å². The van der Waals surface area contributed by atoms with Crippen molar-refractivity contribution in [3.63, 3.8) is 0 Å². The molecule has 0 saturated carbocycles. The lowest BCUT2D eigenvalue weighted by molar-refractivity contribution is 0.204. The van der Waals surface area contributed by atoms with Crippen molar-refractivity contribution in [2.24, 2.45) is 11.8 Å². The molecule has 0 amide bonds. The molecule has 1 nitrogen and oxygen atoms in total. The molecule has 2 aromatic rings. The van der Waals surface area contributed by atoms with Crippen molar-refractivity contribution in [3.05, 3.63) is 107 Å². The van der Waals surface area contributed by atoms with Crippen LogP contribution in [0.5, 0.6) is 0 Å². The van der Waals surface area contributed by atoms with E-state index in [-0.39, 0.29) is 0 Å².